The Bertz CT molecular complexity index is 187. The summed E-state index contributed by atoms with van der Waals surface area (Å²) in [4.78, 5) is 0. The molecular weight excluding hydrogens is 134 g/mol. The lowest BCUT2D eigenvalue weighted by Gasteiger charge is -2.15. The van der Waals surface area contributed by atoms with E-state index in [0.29, 0.717) is 12.5 Å². The monoisotopic (exact) mass is 151 g/mol. The van der Waals surface area contributed by atoms with Crippen molar-refractivity contribution in [2.45, 2.75) is 26.7 Å². The standard InChI is InChI=1S/C10H17N/c1-8(2)10-5-3-4-9(6-10)7-11/h4,6,8H,3,5,7,11H2,1-2H3. The van der Waals surface area contributed by atoms with Crippen molar-refractivity contribution in [3.63, 3.8) is 0 Å². The van der Waals surface area contributed by atoms with Crippen LogP contribution in [0.25, 0.3) is 0 Å². The van der Waals surface area contributed by atoms with E-state index in [0.717, 1.165) is 0 Å². The molecule has 1 aliphatic rings. The molecule has 0 amide bonds. The topological polar surface area (TPSA) is 26.0 Å². The fraction of sp³-hybridized carbons (Fsp3) is 0.600. The minimum Gasteiger partial charge on any atom is -0.327 e. The zero-order valence-electron chi connectivity index (χ0n) is 7.43. The van der Waals surface area contributed by atoms with E-state index >= 15 is 0 Å². The molecule has 0 heterocycles. The minimum absolute atomic E-state index is 0.685. The van der Waals surface area contributed by atoms with Crippen molar-refractivity contribution in [1.29, 1.82) is 0 Å². The first-order valence-electron chi connectivity index (χ1n) is 4.33. The third-order valence-electron chi connectivity index (χ3n) is 2.19. The zero-order valence-corrected chi connectivity index (χ0v) is 7.43. The molecule has 0 saturated heterocycles. The molecule has 62 valence electrons. The highest BCUT2D eigenvalue weighted by molar-refractivity contribution is 5.29. The Morgan fingerprint density at radius 3 is 2.82 bits per heavy atom. The van der Waals surface area contributed by atoms with Crippen LogP contribution < -0.4 is 5.73 Å². The number of allylic oxidation sites excluding steroid dienone is 2. The van der Waals surface area contributed by atoms with Gasteiger partial charge in [-0.05, 0) is 24.3 Å². The predicted octanol–water partition coefficient (Wildman–Crippen LogP) is 2.25. The van der Waals surface area contributed by atoms with Crippen molar-refractivity contribution in [2.24, 2.45) is 11.7 Å². The van der Waals surface area contributed by atoms with Gasteiger partial charge in [0.15, 0.2) is 0 Å². The fourth-order valence-corrected chi connectivity index (χ4v) is 1.39. The predicted molar refractivity (Wildman–Crippen MR) is 49.3 cm³/mol. The number of hydrogen-bond donors (Lipinski definition) is 1. The van der Waals surface area contributed by atoms with Crippen LogP contribution in [0.15, 0.2) is 23.3 Å². The van der Waals surface area contributed by atoms with Gasteiger partial charge in [0.1, 0.15) is 0 Å². The van der Waals surface area contributed by atoms with Crippen LogP contribution in [0, 0.1) is 5.92 Å². The first kappa shape index (κ1) is 8.54. The highest BCUT2D eigenvalue weighted by Gasteiger charge is 2.06. The molecular formula is C10H17N. The minimum atomic E-state index is 0.685. The van der Waals surface area contributed by atoms with Crippen LogP contribution in [0.1, 0.15) is 26.7 Å². The van der Waals surface area contributed by atoms with Gasteiger partial charge in [-0.15, -0.1) is 0 Å². The van der Waals surface area contributed by atoms with Gasteiger partial charge in [0.05, 0.1) is 0 Å². The Labute approximate surface area is 69.0 Å². The SMILES string of the molecule is CC(C)C1=CC(CN)=CCC1. The number of hydrogen-bond acceptors (Lipinski definition) is 1. The van der Waals surface area contributed by atoms with Gasteiger partial charge in [-0.1, -0.05) is 31.6 Å². The average molecular weight is 151 g/mol. The number of nitrogens with two attached hydrogens (primary N) is 1. The van der Waals surface area contributed by atoms with Gasteiger partial charge in [-0.3, -0.25) is 0 Å². The molecule has 0 spiro atoms. The molecule has 0 radical (unpaired) electrons. The lowest BCUT2D eigenvalue weighted by molar-refractivity contribution is 0.704. The lowest BCUT2D eigenvalue weighted by Crippen LogP contribution is -2.06. The number of rotatable bonds is 2. The van der Waals surface area contributed by atoms with Crippen molar-refractivity contribution in [3.8, 4) is 0 Å². The third-order valence-corrected chi connectivity index (χ3v) is 2.19. The Hall–Kier alpha value is -0.560. The summed E-state index contributed by atoms with van der Waals surface area (Å²) < 4.78 is 0. The molecule has 0 aromatic rings. The van der Waals surface area contributed by atoms with Crippen LogP contribution in [0.3, 0.4) is 0 Å². The van der Waals surface area contributed by atoms with Crippen LogP contribution in [-0.4, -0.2) is 6.54 Å². The summed E-state index contributed by atoms with van der Waals surface area (Å²) in [7, 11) is 0. The molecule has 1 heteroatoms. The van der Waals surface area contributed by atoms with E-state index in [9.17, 15) is 0 Å². The second kappa shape index (κ2) is 3.72. The van der Waals surface area contributed by atoms with Crippen molar-refractivity contribution in [3.05, 3.63) is 23.3 Å². The summed E-state index contributed by atoms with van der Waals surface area (Å²) in [6, 6.07) is 0. The smallest absolute Gasteiger partial charge is 0.0174 e. The van der Waals surface area contributed by atoms with E-state index in [2.05, 4.69) is 26.0 Å². The molecule has 0 atom stereocenters. The summed E-state index contributed by atoms with van der Waals surface area (Å²) >= 11 is 0. The lowest BCUT2D eigenvalue weighted by atomic mass is 9.92. The van der Waals surface area contributed by atoms with Gasteiger partial charge in [-0.25, -0.2) is 0 Å². The molecule has 11 heavy (non-hydrogen) atoms. The molecule has 0 bridgehead atoms. The van der Waals surface area contributed by atoms with Gasteiger partial charge in [-0.2, -0.15) is 0 Å². The third kappa shape index (κ3) is 2.19. The molecule has 1 aliphatic carbocycles. The van der Waals surface area contributed by atoms with Gasteiger partial charge < -0.3 is 5.73 Å². The van der Waals surface area contributed by atoms with Crippen LogP contribution in [-0.2, 0) is 0 Å². The van der Waals surface area contributed by atoms with E-state index in [-0.39, 0.29) is 0 Å². The molecule has 0 aromatic heterocycles. The second-order valence-corrected chi connectivity index (χ2v) is 3.40. The van der Waals surface area contributed by atoms with E-state index < -0.39 is 0 Å². The van der Waals surface area contributed by atoms with E-state index in [1.807, 2.05) is 0 Å². The van der Waals surface area contributed by atoms with Gasteiger partial charge in [0.2, 0.25) is 0 Å². The van der Waals surface area contributed by atoms with Crippen LogP contribution >= 0.6 is 0 Å². The fourth-order valence-electron chi connectivity index (χ4n) is 1.39. The quantitative estimate of drug-likeness (QED) is 0.643. The summed E-state index contributed by atoms with van der Waals surface area (Å²) in [5, 5.41) is 0. The van der Waals surface area contributed by atoms with Crippen LogP contribution in [0.2, 0.25) is 0 Å². The first-order chi connectivity index (χ1) is 5.24. The van der Waals surface area contributed by atoms with Gasteiger partial charge in [0.25, 0.3) is 0 Å². The molecule has 0 aromatic carbocycles. The van der Waals surface area contributed by atoms with Crippen LogP contribution in [0.5, 0.6) is 0 Å². The second-order valence-electron chi connectivity index (χ2n) is 3.40. The Balaban J connectivity index is 2.68. The summed E-state index contributed by atoms with van der Waals surface area (Å²) in [6.45, 7) is 5.17. The summed E-state index contributed by atoms with van der Waals surface area (Å²) in [6.07, 6.45) is 6.90. The molecule has 0 fully saturated rings. The van der Waals surface area contributed by atoms with Gasteiger partial charge >= 0.3 is 0 Å². The molecule has 0 aliphatic heterocycles. The largest absolute Gasteiger partial charge is 0.327 e. The Morgan fingerprint density at radius 1 is 1.55 bits per heavy atom. The van der Waals surface area contributed by atoms with Gasteiger partial charge in [0, 0.05) is 6.54 Å². The van der Waals surface area contributed by atoms with Crippen molar-refractivity contribution >= 4 is 0 Å². The molecule has 1 nitrogen and oxygen atoms in total. The molecule has 0 saturated carbocycles. The zero-order chi connectivity index (χ0) is 8.27. The highest BCUT2D eigenvalue weighted by Crippen LogP contribution is 2.22. The van der Waals surface area contributed by atoms with E-state index in [1.54, 1.807) is 5.57 Å². The molecule has 0 unspecified atom stereocenters. The summed E-state index contributed by atoms with van der Waals surface area (Å²) in [5.41, 5.74) is 8.41. The maximum Gasteiger partial charge on any atom is 0.0174 e. The van der Waals surface area contributed by atoms with E-state index in [4.69, 9.17) is 5.73 Å². The Kier molecular flexibility index (Phi) is 2.89. The van der Waals surface area contributed by atoms with E-state index in [1.165, 1.54) is 18.4 Å². The summed E-state index contributed by atoms with van der Waals surface area (Å²) in [5.74, 6) is 0.685. The molecule has 1 rings (SSSR count). The normalized spacial score (nSPS) is 18.2. The average Bonchev–Trinajstić information content (AvgIpc) is 2.05. The molecule has 2 N–H and O–H groups in total. The van der Waals surface area contributed by atoms with Crippen molar-refractivity contribution < 1.29 is 0 Å². The maximum absolute atomic E-state index is 5.55. The van der Waals surface area contributed by atoms with Crippen molar-refractivity contribution in [1.82, 2.24) is 0 Å². The highest BCUT2D eigenvalue weighted by atomic mass is 14.5. The van der Waals surface area contributed by atoms with Crippen molar-refractivity contribution in [2.75, 3.05) is 6.54 Å². The Morgan fingerprint density at radius 2 is 2.27 bits per heavy atom. The first-order valence-corrected chi connectivity index (χ1v) is 4.33. The maximum atomic E-state index is 5.55. The van der Waals surface area contributed by atoms with Crippen LogP contribution in [0.4, 0.5) is 0 Å².